The van der Waals surface area contributed by atoms with Gasteiger partial charge in [-0.2, -0.15) is 10.4 Å². The summed E-state index contributed by atoms with van der Waals surface area (Å²) >= 11 is 1.50. The Hall–Kier alpha value is -1.84. The van der Waals surface area contributed by atoms with E-state index in [2.05, 4.69) is 16.5 Å². The summed E-state index contributed by atoms with van der Waals surface area (Å²) in [6, 6.07) is 5.93. The van der Waals surface area contributed by atoms with Gasteiger partial charge in [-0.25, -0.2) is 0 Å². The van der Waals surface area contributed by atoms with Gasteiger partial charge in [0.2, 0.25) is 0 Å². The molecular weight excluding hydrogens is 248 g/mol. The molecule has 94 valence electrons. The molecule has 0 saturated heterocycles. The van der Waals surface area contributed by atoms with Crippen LogP contribution in [-0.4, -0.2) is 23.5 Å². The van der Waals surface area contributed by atoms with Crippen molar-refractivity contribution < 1.29 is 4.74 Å². The van der Waals surface area contributed by atoms with E-state index in [1.165, 1.54) is 11.3 Å². The Bertz CT molecular complexity index is 540. The summed E-state index contributed by atoms with van der Waals surface area (Å²) in [6.07, 6.45) is 3.73. The van der Waals surface area contributed by atoms with Gasteiger partial charge >= 0.3 is 0 Å². The van der Waals surface area contributed by atoms with E-state index in [1.54, 1.807) is 13.3 Å². The fraction of sp³-hybridized carbons (Fsp3) is 0.333. The summed E-state index contributed by atoms with van der Waals surface area (Å²) in [5.74, 6) is 0. The van der Waals surface area contributed by atoms with Crippen molar-refractivity contribution in [3.05, 3.63) is 34.3 Å². The molecule has 6 heteroatoms. The van der Waals surface area contributed by atoms with Gasteiger partial charge in [-0.05, 0) is 12.1 Å². The molecule has 18 heavy (non-hydrogen) atoms. The van der Waals surface area contributed by atoms with Gasteiger partial charge in [-0.15, -0.1) is 11.3 Å². The molecule has 0 aliphatic carbocycles. The van der Waals surface area contributed by atoms with Crippen LogP contribution >= 0.6 is 11.3 Å². The maximum atomic E-state index is 8.74. The first-order chi connectivity index (χ1) is 8.81. The minimum absolute atomic E-state index is 0.650. The van der Waals surface area contributed by atoms with Gasteiger partial charge < -0.3 is 10.1 Å². The fourth-order valence-electron chi connectivity index (χ4n) is 1.48. The van der Waals surface area contributed by atoms with Gasteiger partial charge in [0, 0.05) is 24.7 Å². The molecule has 0 bridgehead atoms. The van der Waals surface area contributed by atoms with Crippen molar-refractivity contribution in [2.75, 3.05) is 19.0 Å². The topological polar surface area (TPSA) is 62.9 Å². The summed E-state index contributed by atoms with van der Waals surface area (Å²) in [6.45, 7) is 2.11. The third-order valence-corrected chi connectivity index (χ3v) is 3.39. The summed E-state index contributed by atoms with van der Waals surface area (Å²) < 4.78 is 6.82. The summed E-state index contributed by atoms with van der Waals surface area (Å²) in [4.78, 5) is 1.87. The number of aromatic nitrogens is 2. The van der Waals surface area contributed by atoms with Crippen molar-refractivity contribution in [2.24, 2.45) is 0 Å². The molecule has 2 heterocycles. The lowest BCUT2D eigenvalue weighted by molar-refractivity contribution is 0.183. The third kappa shape index (κ3) is 3.32. The first-order valence-corrected chi connectivity index (χ1v) is 6.37. The molecule has 0 radical (unpaired) electrons. The molecule has 0 atom stereocenters. The highest BCUT2D eigenvalue weighted by Gasteiger charge is 2.01. The van der Waals surface area contributed by atoms with Crippen molar-refractivity contribution in [3.8, 4) is 6.07 Å². The number of hydrogen-bond donors (Lipinski definition) is 1. The number of nitrogens with one attached hydrogen (secondary N) is 1. The molecule has 2 aromatic rings. The number of thiophene rings is 1. The quantitative estimate of drug-likeness (QED) is 0.865. The third-order valence-electron chi connectivity index (χ3n) is 2.40. The number of ether oxygens (including phenoxy) is 1. The molecule has 1 N–H and O–H groups in total. The number of hydrogen-bond acceptors (Lipinski definition) is 5. The van der Waals surface area contributed by atoms with Crippen LogP contribution in [0, 0.1) is 11.3 Å². The van der Waals surface area contributed by atoms with Crippen LogP contribution in [0.25, 0.3) is 0 Å². The minimum Gasteiger partial charge on any atom is -0.383 e. The molecule has 0 aromatic carbocycles. The second-order valence-corrected chi connectivity index (χ2v) is 4.88. The van der Waals surface area contributed by atoms with Crippen LogP contribution in [0.4, 0.5) is 5.69 Å². The second kappa shape index (κ2) is 6.19. The van der Waals surface area contributed by atoms with Crippen molar-refractivity contribution >= 4 is 17.0 Å². The molecule has 5 nitrogen and oxygen atoms in total. The zero-order chi connectivity index (χ0) is 12.8. The van der Waals surface area contributed by atoms with E-state index in [9.17, 15) is 0 Å². The molecule has 0 spiro atoms. The van der Waals surface area contributed by atoms with Crippen molar-refractivity contribution in [3.63, 3.8) is 0 Å². The molecule has 0 unspecified atom stereocenters. The van der Waals surface area contributed by atoms with Gasteiger partial charge in [0.15, 0.2) is 0 Å². The van der Waals surface area contributed by atoms with E-state index in [4.69, 9.17) is 10.00 Å². The summed E-state index contributed by atoms with van der Waals surface area (Å²) in [5.41, 5.74) is 0.970. The van der Waals surface area contributed by atoms with E-state index in [0.717, 1.165) is 22.0 Å². The zero-order valence-electron chi connectivity index (χ0n) is 10.1. The number of nitrogens with zero attached hydrogens (tertiary/aromatic N) is 3. The van der Waals surface area contributed by atoms with Gasteiger partial charge in [0.05, 0.1) is 25.0 Å². The molecular formula is C12H14N4OS. The minimum atomic E-state index is 0.650. The number of rotatable bonds is 6. The van der Waals surface area contributed by atoms with E-state index in [-0.39, 0.29) is 0 Å². The predicted octanol–water partition coefficient (Wildman–Crippen LogP) is 2.07. The average Bonchev–Trinajstić information content (AvgIpc) is 3.03. The largest absolute Gasteiger partial charge is 0.383 e. The fourth-order valence-corrected chi connectivity index (χ4v) is 2.23. The second-order valence-electron chi connectivity index (χ2n) is 3.72. The molecule has 0 aliphatic heterocycles. The van der Waals surface area contributed by atoms with E-state index in [1.807, 2.05) is 23.0 Å². The lowest BCUT2D eigenvalue weighted by Crippen LogP contribution is -2.04. The lowest BCUT2D eigenvalue weighted by atomic mass is 10.4. The van der Waals surface area contributed by atoms with Crippen LogP contribution in [0.1, 0.15) is 9.75 Å². The predicted molar refractivity (Wildman–Crippen MR) is 70.5 cm³/mol. The average molecular weight is 262 g/mol. The Labute approximate surface area is 110 Å². The maximum Gasteiger partial charge on any atom is 0.110 e. The van der Waals surface area contributed by atoms with Gasteiger partial charge in [0.1, 0.15) is 10.9 Å². The molecule has 0 aliphatic rings. The van der Waals surface area contributed by atoms with Crippen molar-refractivity contribution in [1.29, 1.82) is 5.26 Å². The number of methoxy groups -OCH3 is 1. The van der Waals surface area contributed by atoms with Crippen LogP contribution in [-0.2, 0) is 17.8 Å². The monoisotopic (exact) mass is 262 g/mol. The van der Waals surface area contributed by atoms with Gasteiger partial charge in [-0.3, -0.25) is 4.68 Å². The highest BCUT2D eigenvalue weighted by molar-refractivity contribution is 7.12. The maximum absolute atomic E-state index is 8.74. The normalized spacial score (nSPS) is 10.2. The number of nitriles is 1. The molecule has 0 amide bonds. The van der Waals surface area contributed by atoms with Crippen LogP contribution in [0.15, 0.2) is 24.5 Å². The Morgan fingerprint density at radius 3 is 3.17 bits per heavy atom. The number of anilines is 1. The Morgan fingerprint density at radius 1 is 1.56 bits per heavy atom. The highest BCUT2D eigenvalue weighted by Crippen LogP contribution is 2.17. The van der Waals surface area contributed by atoms with E-state index < -0.39 is 0 Å². The van der Waals surface area contributed by atoms with Gasteiger partial charge in [-0.1, -0.05) is 0 Å². The standard InChI is InChI=1S/C12H14N4OS/c1-17-5-4-16-9-10(7-15-16)14-8-12-3-2-11(6-13)18-12/h2-3,7,9,14H,4-5,8H2,1H3. The Balaban J connectivity index is 1.86. The van der Waals surface area contributed by atoms with Crippen molar-refractivity contribution in [1.82, 2.24) is 9.78 Å². The SMILES string of the molecule is COCCn1cc(NCc2ccc(C#N)s2)cn1. The smallest absolute Gasteiger partial charge is 0.110 e. The molecule has 0 saturated carbocycles. The Morgan fingerprint density at radius 2 is 2.44 bits per heavy atom. The lowest BCUT2D eigenvalue weighted by Gasteiger charge is -2.00. The van der Waals surface area contributed by atoms with E-state index in [0.29, 0.717) is 13.2 Å². The van der Waals surface area contributed by atoms with Crippen LogP contribution < -0.4 is 5.32 Å². The molecule has 2 rings (SSSR count). The summed E-state index contributed by atoms with van der Waals surface area (Å²) in [5, 5.41) is 16.2. The van der Waals surface area contributed by atoms with Crippen LogP contribution in [0.3, 0.4) is 0 Å². The Kier molecular flexibility index (Phi) is 4.34. The summed E-state index contributed by atoms with van der Waals surface area (Å²) in [7, 11) is 1.67. The van der Waals surface area contributed by atoms with E-state index >= 15 is 0 Å². The first-order valence-electron chi connectivity index (χ1n) is 5.56. The van der Waals surface area contributed by atoms with Crippen LogP contribution in [0.2, 0.25) is 0 Å². The highest BCUT2D eigenvalue weighted by atomic mass is 32.1. The molecule has 0 fully saturated rings. The zero-order valence-corrected chi connectivity index (χ0v) is 10.9. The van der Waals surface area contributed by atoms with Crippen molar-refractivity contribution in [2.45, 2.75) is 13.1 Å². The first kappa shape index (κ1) is 12.6. The molecule has 2 aromatic heterocycles. The van der Waals surface area contributed by atoms with Crippen LogP contribution in [0.5, 0.6) is 0 Å². The van der Waals surface area contributed by atoms with Gasteiger partial charge in [0.25, 0.3) is 0 Å².